The Balaban J connectivity index is 2.72. The molecule has 18 heavy (non-hydrogen) atoms. The highest BCUT2D eigenvalue weighted by Crippen LogP contribution is 2.30. The second kappa shape index (κ2) is 7.76. The quantitative estimate of drug-likeness (QED) is 0.742. The molecule has 1 rings (SSSR count). The smallest absolute Gasteiger partial charge is 0.0220 e. The van der Waals surface area contributed by atoms with Gasteiger partial charge in [-0.05, 0) is 57.0 Å². The van der Waals surface area contributed by atoms with Crippen molar-refractivity contribution in [2.75, 3.05) is 39.0 Å². The molecule has 108 valence electrons. The van der Waals surface area contributed by atoms with Gasteiger partial charge in [0.1, 0.15) is 0 Å². The van der Waals surface area contributed by atoms with Gasteiger partial charge < -0.3 is 4.90 Å². The van der Waals surface area contributed by atoms with Crippen LogP contribution < -0.4 is 0 Å². The Morgan fingerprint density at radius 3 is 2.33 bits per heavy atom. The van der Waals surface area contributed by atoms with Crippen molar-refractivity contribution in [3.63, 3.8) is 0 Å². The molecule has 0 aromatic carbocycles. The zero-order valence-corrected chi connectivity index (χ0v) is 13.7. The van der Waals surface area contributed by atoms with Crippen molar-refractivity contribution in [3.8, 4) is 0 Å². The van der Waals surface area contributed by atoms with E-state index in [1.165, 1.54) is 51.9 Å². The second-order valence-corrected chi connectivity index (χ2v) is 6.33. The Kier molecular flexibility index (Phi) is 7.04. The molecule has 0 bridgehead atoms. The molecule has 0 saturated carbocycles. The van der Waals surface area contributed by atoms with Crippen LogP contribution in [0.3, 0.4) is 0 Å². The zero-order valence-electron chi connectivity index (χ0n) is 12.8. The van der Waals surface area contributed by atoms with Crippen molar-refractivity contribution in [2.45, 2.75) is 52.5 Å². The second-order valence-electron chi connectivity index (χ2n) is 6.01. The Morgan fingerprint density at radius 2 is 1.83 bits per heavy atom. The van der Waals surface area contributed by atoms with Gasteiger partial charge in [-0.3, -0.25) is 4.90 Å². The van der Waals surface area contributed by atoms with Crippen molar-refractivity contribution in [1.29, 1.82) is 0 Å². The monoisotopic (exact) mass is 272 g/mol. The van der Waals surface area contributed by atoms with Gasteiger partial charge in [0.2, 0.25) is 0 Å². The van der Waals surface area contributed by atoms with Gasteiger partial charge >= 0.3 is 0 Å². The summed E-state index contributed by atoms with van der Waals surface area (Å²) in [5.41, 5.74) is 0.416. The van der Waals surface area contributed by atoms with Crippen LogP contribution in [0.15, 0.2) is 0 Å². The predicted molar refractivity (Wildman–Crippen MR) is 84.6 cm³/mol. The van der Waals surface area contributed by atoms with Gasteiger partial charge in [0.05, 0.1) is 0 Å². The number of thiol groups is 1. The van der Waals surface area contributed by atoms with Gasteiger partial charge in [0, 0.05) is 19.1 Å². The van der Waals surface area contributed by atoms with E-state index in [0.29, 0.717) is 5.41 Å². The number of hydrogen-bond donors (Lipinski definition) is 1. The zero-order chi connectivity index (χ0) is 13.6. The summed E-state index contributed by atoms with van der Waals surface area (Å²) >= 11 is 4.63. The van der Waals surface area contributed by atoms with E-state index in [2.05, 4.69) is 50.2 Å². The predicted octanol–water partition coefficient (Wildman–Crippen LogP) is 3.14. The van der Waals surface area contributed by atoms with Gasteiger partial charge in [0.15, 0.2) is 0 Å². The summed E-state index contributed by atoms with van der Waals surface area (Å²) in [5.74, 6) is 1.02. The van der Waals surface area contributed by atoms with Crippen molar-refractivity contribution >= 4 is 12.6 Å². The molecule has 0 aliphatic carbocycles. The minimum atomic E-state index is 0.416. The Morgan fingerprint density at radius 1 is 1.17 bits per heavy atom. The highest BCUT2D eigenvalue weighted by atomic mass is 32.1. The topological polar surface area (TPSA) is 6.48 Å². The van der Waals surface area contributed by atoms with Crippen LogP contribution in [0.4, 0.5) is 0 Å². The first-order valence-corrected chi connectivity index (χ1v) is 8.27. The largest absolute Gasteiger partial charge is 0.305 e. The molecule has 2 nitrogen and oxygen atoms in total. The third-order valence-electron chi connectivity index (χ3n) is 4.87. The molecule has 0 N–H and O–H groups in total. The van der Waals surface area contributed by atoms with E-state index in [4.69, 9.17) is 0 Å². The van der Waals surface area contributed by atoms with Crippen LogP contribution in [0.2, 0.25) is 0 Å². The van der Waals surface area contributed by atoms with Gasteiger partial charge in [-0.25, -0.2) is 0 Å². The fourth-order valence-corrected chi connectivity index (χ4v) is 3.61. The Bertz CT molecular complexity index is 220. The van der Waals surface area contributed by atoms with Gasteiger partial charge in [-0.1, -0.05) is 20.8 Å². The van der Waals surface area contributed by atoms with Crippen LogP contribution in [0.1, 0.15) is 46.5 Å². The number of hydrogen-bond acceptors (Lipinski definition) is 3. The molecule has 1 aliphatic heterocycles. The molecule has 1 heterocycles. The van der Waals surface area contributed by atoms with E-state index in [1.807, 2.05) is 0 Å². The average Bonchev–Trinajstić information content (AvgIpc) is 2.57. The summed E-state index contributed by atoms with van der Waals surface area (Å²) < 4.78 is 0. The molecule has 0 spiro atoms. The van der Waals surface area contributed by atoms with E-state index in [-0.39, 0.29) is 0 Å². The maximum absolute atomic E-state index is 4.63. The van der Waals surface area contributed by atoms with Gasteiger partial charge in [-0.15, -0.1) is 0 Å². The van der Waals surface area contributed by atoms with Crippen LogP contribution >= 0.6 is 12.6 Å². The Labute approximate surface area is 120 Å². The third kappa shape index (κ3) is 4.14. The normalized spacial score (nSPS) is 24.2. The van der Waals surface area contributed by atoms with Crippen molar-refractivity contribution < 1.29 is 0 Å². The number of rotatable bonds is 6. The minimum Gasteiger partial charge on any atom is -0.305 e. The lowest BCUT2D eigenvalue weighted by molar-refractivity contribution is 0.111. The standard InChI is InChI=1S/C15H32N2S/c1-5-14-11-16(4)9-8-10-17(14)12-15(6-2,7-3)13-18/h14,18H,5-13H2,1-4H3. The summed E-state index contributed by atoms with van der Waals surface area (Å²) in [7, 11) is 2.26. The molecule has 0 radical (unpaired) electrons. The van der Waals surface area contributed by atoms with E-state index in [0.717, 1.165) is 11.8 Å². The van der Waals surface area contributed by atoms with Gasteiger partial charge in [-0.2, -0.15) is 12.6 Å². The summed E-state index contributed by atoms with van der Waals surface area (Å²) in [5, 5.41) is 0. The lowest BCUT2D eigenvalue weighted by Crippen LogP contribution is -2.46. The van der Waals surface area contributed by atoms with E-state index in [9.17, 15) is 0 Å². The first-order chi connectivity index (χ1) is 8.60. The molecule has 3 heteroatoms. The first kappa shape index (κ1) is 16.3. The van der Waals surface area contributed by atoms with E-state index >= 15 is 0 Å². The fraction of sp³-hybridized carbons (Fsp3) is 1.00. The Hall–Kier alpha value is 0.270. The molecule has 0 aromatic rings. The maximum atomic E-state index is 4.63. The average molecular weight is 273 g/mol. The summed E-state index contributed by atoms with van der Waals surface area (Å²) in [6.45, 7) is 12.0. The first-order valence-electron chi connectivity index (χ1n) is 7.64. The minimum absolute atomic E-state index is 0.416. The van der Waals surface area contributed by atoms with Crippen molar-refractivity contribution in [3.05, 3.63) is 0 Å². The van der Waals surface area contributed by atoms with E-state index in [1.54, 1.807) is 0 Å². The highest BCUT2D eigenvalue weighted by Gasteiger charge is 2.31. The molecule has 1 saturated heterocycles. The van der Waals surface area contributed by atoms with Crippen molar-refractivity contribution in [2.24, 2.45) is 5.41 Å². The lowest BCUT2D eigenvalue weighted by Gasteiger charge is -2.39. The highest BCUT2D eigenvalue weighted by molar-refractivity contribution is 7.80. The van der Waals surface area contributed by atoms with Crippen LogP contribution in [-0.2, 0) is 0 Å². The molecule has 1 fully saturated rings. The van der Waals surface area contributed by atoms with Crippen LogP contribution in [0.5, 0.6) is 0 Å². The molecular formula is C15H32N2S. The molecule has 1 aliphatic rings. The summed E-state index contributed by atoms with van der Waals surface area (Å²) in [6.07, 6.45) is 5.06. The molecule has 0 amide bonds. The molecule has 1 atom stereocenters. The maximum Gasteiger partial charge on any atom is 0.0220 e. The lowest BCUT2D eigenvalue weighted by atomic mass is 9.83. The number of likely N-dealkylation sites (N-methyl/N-ethyl adjacent to an activating group) is 1. The fourth-order valence-electron chi connectivity index (χ4n) is 3.07. The molecule has 0 aromatic heterocycles. The van der Waals surface area contributed by atoms with E-state index < -0.39 is 0 Å². The van der Waals surface area contributed by atoms with Crippen LogP contribution in [-0.4, -0.2) is 54.8 Å². The molecular weight excluding hydrogens is 240 g/mol. The third-order valence-corrected chi connectivity index (χ3v) is 5.54. The van der Waals surface area contributed by atoms with Crippen LogP contribution in [0, 0.1) is 5.41 Å². The summed E-state index contributed by atoms with van der Waals surface area (Å²) in [6, 6.07) is 0.731. The van der Waals surface area contributed by atoms with Crippen LogP contribution in [0.25, 0.3) is 0 Å². The van der Waals surface area contributed by atoms with Crippen molar-refractivity contribution in [1.82, 2.24) is 9.80 Å². The SMILES string of the molecule is CCC1CN(C)CCCN1CC(CC)(CC)CS. The van der Waals surface area contributed by atoms with Gasteiger partial charge in [0.25, 0.3) is 0 Å². The number of nitrogens with zero attached hydrogens (tertiary/aromatic N) is 2. The summed E-state index contributed by atoms with van der Waals surface area (Å²) in [4.78, 5) is 5.24. The molecule has 1 unspecified atom stereocenters.